The molecule has 0 bridgehead atoms. The van der Waals surface area contributed by atoms with Gasteiger partial charge in [0.1, 0.15) is 0 Å². The number of hydrogen-bond donors (Lipinski definition) is 1. The van der Waals surface area contributed by atoms with E-state index in [-0.39, 0.29) is 0 Å². The molecule has 2 nitrogen and oxygen atoms in total. The first kappa shape index (κ1) is 20.7. The highest BCUT2D eigenvalue weighted by molar-refractivity contribution is 7.99. The number of nitrogens with one attached hydrogen (secondary N) is 1. The number of nitrogens with zero attached hydrogens (tertiary/aromatic N) is 1. The fraction of sp³-hybridized carbons (Fsp3) is 0. The SMILES string of the molecule is c1ccc(N2c3ccccc3Sc3ccc(-c4ccc5[nH]c6ccc7ccccc7c6c5c4)cc32)cc1. The van der Waals surface area contributed by atoms with Crippen molar-refractivity contribution in [3.05, 3.63) is 127 Å². The van der Waals surface area contributed by atoms with E-state index in [4.69, 9.17) is 0 Å². The fourth-order valence-electron chi connectivity index (χ4n) is 5.64. The van der Waals surface area contributed by atoms with Gasteiger partial charge in [-0.05, 0) is 76.5 Å². The van der Waals surface area contributed by atoms with Gasteiger partial charge >= 0.3 is 0 Å². The van der Waals surface area contributed by atoms with Gasteiger partial charge in [-0.15, -0.1) is 0 Å². The normalized spacial score (nSPS) is 12.7. The van der Waals surface area contributed by atoms with E-state index in [1.165, 1.54) is 70.6 Å². The number of aromatic amines is 1. The molecule has 0 aliphatic carbocycles. The summed E-state index contributed by atoms with van der Waals surface area (Å²) in [6, 6.07) is 46.1. The summed E-state index contributed by atoms with van der Waals surface area (Å²) in [7, 11) is 0. The molecule has 0 spiro atoms. The van der Waals surface area contributed by atoms with Crippen molar-refractivity contribution >= 4 is 61.4 Å². The Bertz CT molecular complexity index is 1970. The van der Waals surface area contributed by atoms with Crippen molar-refractivity contribution in [1.29, 1.82) is 0 Å². The van der Waals surface area contributed by atoms with Crippen LogP contribution < -0.4 is 4.90 Å². The van der Waals surface area contributed by atoms with Gasteiger partial charge in [-0.2, -0.15) is 0 Å². The lowest BCUT2D eigenvalue weighted by molar-refractivity contribution is 1.17. The first-order valence-electron chi connectivity index (χ1n) is 12.5. The molecule has 2 heterocycles. The van der Waals surface area contributed by atoms with Crippen molar-refractivity contribution in [3.63, 3.8) is 0 Å². The van der Waals surface area contributed by atoms with Gasteiger partial charge in [0, 0.05) is 37.3 Å². The molecule has 1 aliphatic rings. The lowest BCUT2D eigenvalue weighted by Gasteiger charge is -2.33. The first-order chi connectivity index (χ1) is 18.3. The van der Waals surface area contributed by atoms with Crippen LogP contribution in [0.25, 0.3) is 43.7 Å². The highest BCUT2D eigenvalue weighted by Gasteiger charge is 2.25. The van der Waals surface area contributed by atoms with Crippen LogP contribution in [0.15, 0.2) is 137 Å². The zero-order valence-corrected chi connectivity index (χ0v) is 20.8. The second-order valence-corrected chi connectivity index (χ2v) is 10.6. The highest BCUT2D eigenvalue weighted by atomic mass is 32.2. The number of benzene rings is 6. The molecule has 7 aromatic rings. The number of rotatable bonds is 2. The average Bonchev–Trinajstić information content (AvgIpc) is 3.34. The number of hydrogen-bond acceptors (Lipinski definition) is 2. The summed E-state index contributed by atoms with van der Waals surface area (Å²) in [6.45, 7) is 0. The summed E-state index contributed by atoms with van der Waals surface area (Å²) in [5, 5.41) is 5.12. The maximum absolute atomic E-state index is 3.63. The van der Waals surface area contributed by atoms with E-state index in [1.54, 1.807) is 0 Å². The van der Waals surface area contributed by atoms with E-state index in [0.29, 0.717) is 0 Å². The number of fused-ring (bicyclic) bond motifs is 7. The van der Waals surface area contributed by atoms with Crippen LogP contribution in [0.3, 0.4) is 0 Å². The summed E-state index contributed by atoms with van der Waals surface area (Å²) in [5.74, 6) is 0. The number of aromatic nitrogens is 1. The molecule has 0 atom stereocenters. The molecule has 1 N–H and O–H groups in total. The molecule has 6 aromatic carbocycles. The van der Waals surface area contributed by atoms with Crippen LogP contribution in [-0.2, 0) is 0 Å². The van der Waals surface area contributed by atoms with Gasteiger partial charge in [-0.1, -0.05) is 84.6 Å². The van der Waals surface area contributed by atoms with Crippen molar-refractivity contribution in [2.45, 2.75) is 9.79 Å². The molecule has 8 rings (SSSR count). The number of anilines is 3. The molecule has 0 amide bonds. The van der Waals surface area contributed by atoms with E-state index in [9.17, 15) is 0 Å². The minimum atomic E-state index is 1.17. The fourth-order valence-corrected chi connectivity index (χ4v) is 6.68. The van der Waals surface area contributed by atoms with Crippen molar-refractivity contribution in [2.75, 3.05) is 4.90 Å². The van der Waals surface area contributed by atoms with E-state index in [2.05, 4.69) is 137 Å². The Balaban J connectivity index is 1.33. The molecule has 37 heavy (non-hydrogen) atoms. The van der Waals surface area contributed by atoms with E-state index >= 15 is 0 Å². The van der Waals surface area contributed by atoms with E-state index in [0.717, 1.165) is 0 Å². The van der Waals surface area contributed by atoms with Crippen LogP contribution in [0.2, 0.25) is 0 Å². The molecule has 0 saturated carbocycles. The molecule has 174 valence electrons. The summed E-state index contributed by atoms with van der Waals surface area (Å²) in [6.07, 6.45) is 0. The van der Waals surface area contributed by atoms with Crippen LogP contribution in [0.1, 0.15) is 0 Å². The van der Waals surface area contributed by atoms with Crippen LogP contribution in [-0.4, -0.2) is 4.98 Å². The van der Waals surface area contributed by atoms with Crippen LogP contribution in [0, 0.1) is 0 Å². The minimum absolute atomic E-state index is 1.17. The third kappa shape index (κ3) is 3.21. The molecular weight excluding hydrogens is 468 g/mol. The Morgan fingerprint density at radius 1 is 0.514 bits per heavy atom. The van der Waals surface area contributed by atoms with Gasteiger partial charge in [0.2, 0.25) is 0 Å². The molecular formula is C34H22N2S. The van der Waals surface area contributed by atoms with Crippen molar-refractivity contribution in [3.8, 4) is 11.1 Å². The molecule has 1 aliphatic heterocycles. The third-order valence-electron chi connectivity index (χ3n) is 7.36. The summed E-state index contributed by atoms with van der Waals surface area (Å²) < 4.78 is 0. The minimum Gasteiger partial charge on any atom is -0.354 e. The summed E-state index contributed by atoms with van der Waals surface area (Å²) >= 11 is 1.85. The molecule has 0 radical (unpaired) electrons. The predicted octanol–water partition coefficient (Wildman–Crippen LogP) is 10.1. The zero-order chi connectivity index (χ0) is 24.3. The first-order valence-corrected chi connectivity index (χ1v) is 13.3. The molecule has 0 unspecified atom stereocenters. The van der Waals surface area contributed by atoms with Gasteiger partial charge in [0.25, 0.3) is 0 Å². The lowest BCUT2D eigenvalue weighted by Crippen LogP contribution is -2.14. The van der Waals surface area contributed by atoms with Gasteiger partial charge in [0.15, 0.2) is 0 Å². The van der Waals surface area contributed by atoms with Gasteiger partial charge in [0.05, 0.1) is 11.4 Å². The zero-order valence-electron chi connectivity index (χ0n) is 20.0. The topological polar surface area (TPSA) is 19.0 Å². The second kappa shape index (κ2) is 8.02. The smallest absolute Gasteiger partial charge is 0.0607 e. The molecule has 0 fully saturated rings. The maximum atomic E-state index is 3.63. The summed E-state index contributed by atoms with van der Waals surface area (Å²) in [4.78, 5) is 8.56. The van der Waals surface area contributed by atoms with Crippen molar-refractivity contribution in [2.24, 2.45) is 0 Å². The average molecular weight is 491 g/mol. The maximum Gasteiger partial charge on any atom is 0.0607 e. The Morgan fingerprint density at radius 3 is 2.19 bits per heavy atom. The van der Waals surface area contributed by atoms with E-state index < -0.39 is 0 Å². The highest BCUT2D eigenvalue weighted by Crippen LogP contribution is 2.52. The summed E-state index contributed by atoms with van der Waals surface area (Å²) in [5.41, 5.74) is 8.41. The third-order valence-corrected chi connectivity index (χ3v) is 8.49. The van der Waals surface area contributed by atoms with Gasteiger partial charge < -0.3 is 9.88 Å². The van der Waals surface area contributed by atoms with Crippen molar-refractivity contribution < 1.29 is 0 Å². The van der Waals surface area contributed by atoms with Crippen LogP contribution >= 0.6 is 11.8 Å². The Labute approximate surface area is 219 Å². The molecule has 0 saturated heterocycles. The second-order valence-electron chi connectivity index (χ2n) is 9.52. The Hall–Kier alpha value is -4.47. The predicted molar refractivity (Wildman–Crippen MR) is 158 cm³/mol. The van der Waals surface area contributed by atoms with E-state index in [1.807, 2.05) is 11.8 Å². The largest absolute Gasteiger partial charge is 0.354 e. The van der Waals surface area contributed by atoms with Gasteiger partial charge in [-0.3, -0.25) is 0 Å². The monoisotopic (exact) mass is 490 g/mol. The number of para-hydroxylation sites is 2. The van der Waals surface area contributed by atoms with Crippen LogP contribution in [0.4, 0.5) is 17.1 Å². The Morgan fingerprint density at radius 2 is 1.24 bits per heavy atom. The lowest BCUT2D eigenvalue weighted by atomic mass is 9.99. The number of H-pyrrole nitrogens is 1. The van der Waals surface area contributed by atoms with Gasteiger partial charge in [-0.25, -0.2) is 0 Å². The molecule has 1 aromatic heterocycles. The van der Waals surface area contributed by atoms with Crippen molar-refractivity contribution in [1.82, 2.24) is 4.98 Å². The molecule has 3 heteroatoms. The van der Waals surface area contributed by atoms with Crippen LogP contribution in [0.5, 0.6) is 0 Å². The standard InChI is InChI=1S/C34H22N2S/c1-2-9-25(10-3-1)36-30-12-6-7-13-32(30)37-33-19-16-24(21-31(33)36)23-15-17-28-27(20-23)34-26-11-5-4-8-22(26)14-18-29(34)35-28/h1-21,35H. The Kier molecular flexibility index (Phi) is 4.49. The quantitative estimate of drug-likeness (QED) is 0.260.